The Morgan fingerprint density at radius 3 is 2.44 bits per heavy atom. The van der Waals surface area contributed by atoms with Crippen molar-refractivity contribution in [2.45, 2.75) is 57.4 Å². The van der Waals surface area contributed by atoms with Crippen molar-refractivity contribution in [2.75, 3.05) is 18.0 Å². The Labute approximate surface area is 155 Å². The number of halogens is 3. The molecule has 0 N–H and O–H groups in total. The van der Waals surface area contributed by atoms with Gasteiger partial charge < -0.3 is 9.42 Å². The number of alkyl halides is 3. The van der Waals surface area contributed by atoms with Gasteiger partial charge in [0.15, 0.2) is 0 Å². The monoisotopic (exact) mass is 381 g/mol. The summed E-state index contributed by atoms with van der Waals surface area (Å²) in [6.07, 6.45) is 2.12. The quantitative estimate of drug-likeness (QED) is 0.791. The molecule has 3 heterocycles. The van der Waals surface area contributed by atoms with Gasteiger partial charge in [-0.2, -0.15) is 13.2 Å². The second kappa shape index (κ2) is 7.10. The molecule has 1 saturated carbocycles. The number of aryl methyl sites for hydroxylation is 1. The van der Waals surface area contributed by atoms with Crippen LogP contribution < -0.4 is 4.90 Å². The van der Waals surface area contributed by atoms with Crippen molar-refractivity contribution in [3.63, 3.8) is 0 Å². The van der Waals surface area contributed by atoms with Crippen LogP contribution in [0.1, 0.15) is 42.7 Å². The first kappa shape index (κ1) is 18.2. The highest BCUT2D eigenvalue weighted by Crippen LogP contribution is 2.37. The number of piperidine rings is 1. The van der Waals surface area contributed by atoms with E-state index >= 15 is 0 Å². The normalized spacial score (nSPS) is 19.4. The minimum Gasteiger partial charge on any atom is -0.361 e. The number of nitrogens with zero attached hydrogens (tertiary/aromatic N) is 5. The van der Waals surface area contributed by atoms with Crippen LogP contribution in [0.25, 0.3) is 0 Å². The summed E-state index contributed by atoms with van der Waals surface area (Å²) in [6, 6.07) is 1.58. The molecular formula is C18H22F3N5O. The zero-order valence-corrected chi connectivity index (χ0v) is 15.1. The van der Waals surface area contributed by atoms with Crippen LogP contribution in [-0.2, 0) is 12.7 Å². The highest BCUT2D eigenvalue weighted by atomic mass is 19.4. The first-order chi connectivity index (χ1) is 12.9. The summed E-state index contributed by atoms with van der Waals surface area (Å²) in [5, 5.41) is 3.81. The van der Waals surface area contributed by atoms with E-state index in [1.165, 1.54) is 0 Å². The van der Waals surface area contributed by atoms with E-state index in [1.54, 1.807) is 6.20 Å². The maximum absolute atomic E-state index is 13.0. The van der Waals surface area contributed by atoms with E-state index in [-0.39, 0.29) is 12.1 Å². The zero-order valence-electron chi connectivity index (χ0n) is 15.1. The fourth-order valence-corrected chi connectivity index (χ4v) is 3.74. The number of hydrogen-bond donors (Lipinski definition) is 0. The lowest BCUT2D eigenvalue weighted by Gasteiger charge is -2.39. The van der Waals surface area contributed by atoms with Gasteiger partial charge in [-0.25, -0.2) is 9.97 Å². The fraction of sp³-hybridized carbons (Fsp3) is 0.611. The van der Waals surface area contributed by atoms with E-state index in [0.29, 0.717) is 5.82 Å². The third-order valence-electron chi connectivity index (χ3n) is 5.34. The molecule has 0 aromatic carbocycles. The average Bonchev–Trinajstić information content (AvgIpc) is 3.39. The second-order valence-corrected chi connectivity index (χ2v) is 7.31. The maximum atomic E-state index is 13.0. The smallest absolute Gasteiger partial charge is 0.361 e. The molecule has 0 spiro atoms. The van der Waals surface area contributed by atoms with Gasteiger partial charge in [0.25, 0.3) is 0 Å². The van der Waals surface area contributed by atoms with E-state index in [4.69, 9.17) is 4.52 Å². The summed E-state index contributed by atoms with van der Waals surface area (Å²) in [5.74, 6) is 1.23. The molecule has 2 aliphatic rings. The summed E-state index contributed by atoms with van der Waals surface area (Å²) >= 11 is 0. The molecule has 2 aromatic heterocycles. The van der Waals surface area contributed by atoms with Crippen LogP contribution in [0.4, 0.5) is 19.0 Å². The van der Waals surface area contributed by atoms with Gasteiger partial charge in [-0.15, -0.1) is 0 Å². The van der Waals surface area contributed by atoms with Crippen molar-refractivity contribution in [3.8, 4) is 0 Å². The number of hydrogen-bond acceptors (Lipinski definition) is 6. The molecule has 0 atom stereocenters. The summed E-state index contributed by atoms with van der Waals surface area (Å²) in [5.41, 5.74) is 0.205. The number of aromatic nitrogens is 3. The topological polar surface area (TPSA) is 58.3 Å². The molecule has 1 saturated heterocycles. The Balaban J connectivity index is 1.44. The van der Waals surface area contributed by atoms with Crippen LogP contribution >= 0.6 is 0 Å². The van der Waals surface area contributed by atoms with Crippen LogP contribution in [0.5, 0.6) is 0 Å². The molecular weight excluding hydrogens is 359 g/mol. The summed E-state index contributed by atoms with van der Waals surface area (Å²) in [6.45, 7) is 4.46. The molecule has 9 heteroatoms. The molecule has 1 aliphatic carbocycles. The minimum absolute atomic E-state index is 0.202. The van der Waals surface area contributed by atoms with Gasteiger partial charge >= 0.3 is 6.18 Å². The standard InChI is InChI=1S/C18H22F3N5O/c1-12-13(9-24-27-12)10-25-6-4-15(5-7-25)26(14-2-3-14)17-8-16(18(19,20)21)22-11-23-17/h8-9,11,14-15H,2-7,10H2,1H3. The van der Waals surface area contributed by atoms with Gasteiger partial charge in [0.05, 0.1) is 6.20 Å². The fourth-order valence-electron chi connectivity index (χ4n) is 3.74. The van der Waals surface area contributed by atoms with E-state index in [2.05, 4.69) is 24.9 Å². The minimum atomic E-state index is -4.45. The highest BCUT2D eigenvalue weighted by molar-refractivity contribution is 5.44. The zero-order chi connectivity index (χ0) is 19.0. The van der Waals surface area contributed by atoms with Crippen LogP contribution in [0, 0.1) is 6.92 Å². The third-order valence-corrected chi connectivity index (χ3v) is 5.34. The maximum Gasteiger partial charge on any atom is 0.433 e. The highest BCUT2D eigenvalue weighted by Gasteiger charge is 2.39. The van der Waals surface area contributed by atoms with Crippen molar-refractivity contribution in [3.05, 3.63) is 35.6 Å². The molecule has 0 bridgehead atoms. The van der Waals surface area contributed by atoms with E-state index < -0.39 is 11.9 Å². The van der Waals surface area contributed by atoms with Crippen LogP contribution in [0.15, 0.2) is 23.1 Å². The Morgan fingerprint density at radius 2 is 1.85 bits per heavy atom. The predicted octanol–water partition coefficient (Wildman–Crippen LogP) is 3.43. The lowest BCUT2D eigenvalue weighted by Crippen LogP contribution is -2.46. The molecule has 2 fully saturated rings. The van der Waals surface area contributed by atoms with Crippen molar-refractivity contribution in [2.24, 2.45) is 0 Å². The third kappa shape index (κ3) is 4.07. The molecule has 0 unspecified atom stereocenters. The van der Waals surface area contributed by atoms with Gasteiger partial charge in [0, 0.05) is 43.3 Å². The number of anilines is 1. The molecule has 0 amide bonds. The average molecular weight is 381 g/mol. The molecule has 6 nitrogen and oxygen atoms in total. The Morgan fingerprint density at radius 1 is 1.15 bits per heavy atom. The Hall–Kier alpha value is -2.16. The predicted molar refractivity (Wildman–Crippen MR) is 92.1 cm³/mol. The van der Waals surface area contributed by atoms with Crippen molar-refractivity contribution < 1.29 is 17.7 Å². The summed E-state index contributed by atoms with van der Waals surface area (Å²) < 4.78 is 44.2. The van der Waals surface area contributed by atoms with Gasteiger partial charge in [0.2, 0.25) is 0 Å². The second-order valence-electron chi connectivity index (χ2n) is 7.31. The van der Waals surface area contributed by atoms with E-state index in [9.17, 15) is 13.2 Å². The van der Waals surface area contributed by atoms with Gasteiger partial charge in [0.1, 0.15) is 23.6 Å². The molecule has 1 aliphatic heterocycles. The summed E-state index contributed by atoms with van der Waals surface area (Å²) in [4.78, 5) is 12.0. The summed E-state index contributed by atoms with van der Waals surface area (Å²) in [7, 11) is 0. The van der Waals surface area contributed by atoms with Crippen LogP contribution in [-0.4, -0.2) is 45.2 Å². The lowest BCUT2D eigenvalue weighted by molar-refractivity contribution is -0.141. The van der Waals surface area contributed by atoms with Crippen molar-refractivity contribution >= 4 is 5.82 Å². The van der Waals surface area contributed by atoms with Crippen molar-refractivity contribution in [1.82, 2.24) is 20.0 Å². The molecule has 4 rings (SSSR count). The van der Waals surface area contributed by atoms with E-state index in [0.717, 1.165) is 69.0 Å². The van der Waals surface area contributed by atoms with Crippen LogP contribution in [0.2, 0.25) is 0 Å². The SMILES string of the molecule is Cc1oncc1CN1CCC(N(c2cc(C(F)(F)F)ncn2)C2CC2)CC1. The van der Waals surface area contributed by atoms with Gasteiger partial charge in [-0.05, 0) is 32.6 Å². The lowest BCUT2D eigenvalue weighted by atomic mass is 10.0. The molecule has 146 valence electrons. The van der Waals surface area contributed by atoms with Crippen LogP contribution in [0.3, 0.4) is 0 Å². The molecule has 2 aromatic rings. The first-order valence-corrected chi connectivity index (χ1v) is 9.22. The van der Waals surface area contributed by atoms with Gasteiger partial charge in [-0.3, -0.25) is 4.90 Å². The van der Waals surface area contributed by atoms with Crippen molar-refractivity contribution in [1.29, 1.82) is 0 Å². The number of rotatable bonds is 5. The Bertz CT molecular complexity index is 781. The first-order valence-electron chi connectivity index (χ1n) is 9.22. The molecule has 27 heavy (non-hydrogen) atoms. The van der Waals surface area contributed by atoms with Gasteiger partial charge in [-0.1, -0.05) is 5.16 Å². The number of likely N-dealkylation sites (tertiary alicyclic amines) is 1. The largest absolute Gasteiger partial charge is 0.433 e. The van der Waals surface area contributed by atoms with E-state index in [1.807, 2.05) is 6.92 Å². The Kier molecular flexibility index (Phi) is 4.79. The molecule has 0 radical (unpaired) electrons.